The zero-order chi connectivity index (χ0) is 21.5. The molecule has 1 heterocycles. The molecule has 1 atom stereocenters. The lowest BCUT2D eigenvalue weighted by molar-refractivity contribution is -0.140. The van der Waals surface area contributed by atoms with Gasteiger partial charge >= 0.3 is 12.0 Å². The Bertz CT molecular complexity index is 942. The van der Waals surface area contributed by atoms with Crippen LogP contribution in [0.2, 0.25) is 0 Å². The molecular weight excluding hydrogens is 388 g/mol. The SMILES string of the molecule is COc1cccc(C2NC(=O)NC(C)=C2C(=O)OCCOc2ccccc2)c1OC. The number of para-hydroxylation sites is 2. The van der Waals surface area contributed by atoms with Crippen molar-refractivity contribution < 1.29 is 28.5 Å². The maximum atomic E-state index is 12.9. The van der Waals surface area contributed by atoms with Crippen molar-refractivity contribution in [1.82, 2.24) is 10.6 Å². The Morgan fingerprint density at radius 1 is 1.00 bits per heavy atom. The predicted molar refractivity (Wildman–Crippen MR) is 110 cm³/mol. The zero-order valence-corrected chi connectivity index (χ0v) is 17.1. The smallest absolute Gasteiger partial charge is 0.338 e. The molecule has 1 aliphatic heterocycles. The fourth-order valence-electron chi connectivity index (χ4n) is 3.23. The molecule has 30 heavy (non-hydrogen) atoms. The molecule has 0 saturated carbocycles. The molecular formula is C22H24N2O6. The van der Waals surface area contributed by atoms with E-state index >= 15 is 0 Å². The lowest BCUT2D eigenvalue weighted by Crippen LogP contribution is -2.45. The van der Waals surface area contributed by atoms with Crippen LogP contribution in [-0.2, 0) is 9.53 Å². The van der Waals surface area contributed by atoms with Gasteiger partial charge in [-0.1, -0.05) is 30.3 Å². The first-order valence-corrected chi connectivity index (χ1v) is 9.39. The molecule has 1 aliphatic rings. The van der Waals surface area contributed by atoms with Crippen molar-refractivity contribution in [3.63, 3.8) is 0 Å². The maximum absolute atomic E-state index is 12.9. The fourth-order valence-corrected chi connectivity index (χ4v) is 3.23. The molecule has 0 radical (unpaired) electrons. The molecule has 2 amide bonds. The first-order valence-electron chi connectivity index (χ1n) is 9.39. The van der Waals surface area contributed by atoms with Crippen LogP contribution in [-0.4, -0.2) is 39.4 Å². The summed E-state index contributed by atoms with van der Waals surface area (Å²) in [5.41, 5.74) is 1.27. The third-order valence-electron chi connectivity index (χ3n) is 4.56. The van der Waals surface area contributed by atoms with Crippen LogP contribution in [0, 0.1) is 0 Å². The van der Waals surface area contributed by atoms with Crippen LogP contribution in [0.3, 0.4) is 0 Å². The molecule has 1 unspecified atom stereocenters. The molecule has 2 aromatic rings. The Kier molecular flexibility index (Phi) is 6.79. The molecule has 0 aromatic heterocycles. The van der Waals surface area contributed by atoms with Gasteiger partial charge in [-0.15, -0.1) is 0 Å². The van der Waals surface area contributed by atoms with Crippen molar-refractivity contribution in [1.29, 1.82) is 0 Å². The van der Waals surface area contributed by atoms with Gasteiger partial charge in [-0.2, -0.15) is 0 Å². The van der Waals surface area contributed by atoms with Crippen molar-refractivity contribution in [3.05, 3.63) is 65.4 Å². The molecule has 0 fully saturated rings. The quantitative estimate of drug-likeness (QED) is 0.511. The molecule has 8 heteroatoms. The Morgan fingerprint density at radius 3 is 2.47 bits per heavy atom. The molecule has 0 aliphatic carbocycles. The first-order chi connectivity index (χ1) is 14.5. The number of allylic oxidation sites excluding steroid dienone is 1. The number of amides is 2. The van der Waals surface area contributed by atoms with Crippen LogP contribution in [0.15, 0.2) is 59.8 Å². The van der Waals surface area contributed by atoms with E-state index in [-0.39, 0.29) is 18.8 Å². The second-order valence-corrected chi connectivity index (χ2v) is 6.45. The summed E-state index contributed by atoms with van der Waals surface area (Å²) in [5.74, 6) is 1.04. The van der Waals surface area contributed by atoms with Crippen LogP contribution in [0.4, 0.5) is 4.79 Å². The van der Waals surface area contributed by atoms with Gasteiger partial charge in [0.15, 0.2) is 11.5 Å². The predicted octanol–water partition coefficient (Wildman–Crippen LogP) is 2.95. The Balaban J connectivity index is 1.78. The van der Waals surface area contributed by atoms with E-state index in [1.807, 2.05) is 30.3 Å². The highest BCUT2D eigenvalue weighted by Crippen LogP contribution is 2.38. The van der Waals surface area contributed by atoms with Gasteiger partial charge in [0.25, 0.3) is 0 Å². The monoisotopic (exact) mass is 412 g/mol. The van der Waals surface area contributed by atoms with Crippen molar-refractivity contribution in [2.24, 2.45) is 0 Å². The number of methoxy groups -OCH3 is 2. The van der Waals surface area contributed by atoms with Gasteiger partial charge in [-0.05, 0) is 25.1 Å². The van der Waals surface area contributed by atoms with E-state index in [0.29, 0.717) is 28.5 Å². The van der Waals surface area contributed by atoms with E-state index in [1.165, 1.54) is 14.2 Å². The molecule has 8 nitrogen and oxygen atoms in total. The van der Waals surface area contributed by atoms with Crippen LogP contribution in [0.5, 0.6) is 17.2 Å². The molecule has 0 bridgehead atoms. The summed E-state index contributed by atoms with van der Waals surface area (Å²) in [6.45, 7) is 1.91. The number of hydrogen-bond acceptors (Lipinski definition) is 6. The van der Waals surface area contributed by atoms with Gasteiger partial charge in [-0.25, -0.2) is 9.59 Å². The number of benzene rings is 2. The molecule has 2 aromatic carbocycles. The highest BCUT2D eigenvalue weighted by Gasteiger charge is 2.34. The molecule has 2 N–H and O–H groups in total. The van der Waals surface area contributed by atoms with Crippen molar-refractivity contribution in [2.75, 3.05) is 27.4 Å². The topological polar surface area (TPSA) is 95.1 Å². The van der Waals surface area contributed by atoms with Gasteiger partial charge in [-0.3, -0.25) is 0 Å². The number of urea groups is 1. The van der Waals surface area contributed by atoms with Crippen molar-refractivity contribution >= 4 is 12.0 Å². The van der Waals surface area contributed by atoms with Crippen LogP contribution < -0.4 is 24.8 Å². The number of carbonyl (C=O) groups is 2. The zero-order valence-electron chi connectivity index (χ0n) is 17.1. The first kappa shape index (κ1) is 21.0. The molecule has 158 valence electrons. The lowest BCUT2D eigenvalue weighted by Gasteiger charge is -2.29. The van der Waals surface area contributed by atoms with Gasteiger partial charge < -0.3 is 29.6 Å². The van der Waals surface area contributed by atoms with Crippen molar-refractivity contribution in [2.45, 2.75) is 13.0 Å². The maximum Gasteiger partial charge on any atom is 0.338 e. The second kappa shape index (κ2) is 9.69. The van der Waals surface area contributed by atoms with E-state index in [0.717, 1.165) is 0 Å². The molecule has 3 rings (SSSR count). The van der Waals surface area contributed by atoms with Gasteiger partial charge in [0.05, 0.1) is 25.8 Å². The average Bonchev–Trinajstić information content (AvgIpc) is 2.76. The van der Waals surface area contributed by atoms with Crippen LogP contribution in [0.25, 0.3) is 0 Å². The van der Waals surface area contributed by atoms with E-state index in [4.69, 9.17) is 18.9 Å². The van der Waals surface area contributed by atoms with E-state index < -0.39 is 18.0 Å². The largest absolute Gasteiger partial charge is 0.493 e. The van der Waals surface area contributed by atoms with E-state index in [9.17, 15) is 9.59 Å². The van der Waals surface area contributed by atoms with Crippen LogP contribution in [0.1, 0.15) is 18.5 Å². The standard InChI is InChI=1S/C22H24N2O6/c1-14-18(21(25)30-13-12-29-15-8-5-4-6-9-15)19(24-22(26)23-14)16-10-7-11-17(27-2)20(16)28-3/h4-11,19H,12-13H2,1-3H3,(H2,23,24,26). The number of esters is 1. The highest BCUT2D eigenvalue weighted by atomic mass is 16.6. The number of ether oxygens (including phenoxy) is 4. The lowest BCUT2D eigenvalue weighted by atomic mass is 9.94. The third kappa shape index (κ3) is 4.65. The number of rotatable bonds is 8. The third-order valence-corrected chi connectivity index (χ3v) is 4.56. The van der Waals surface area contributed by atoms with E-state index in [2.05, 4.69) is 10.6 Å². The summed E-state index contributed by atoms with van der Waals surface area (Å²) in [6, 6.07) is 13.3. The number of hydrogen-bond donors (Lipinski definition) is 2. The minimum Gasteiger partial charge on any atom is -0.493 e. The summed E-state index contributed by atoms with van der Waals surface area (Å²) in [5, 5.41) is 5.38. The summed E-state index contributed by atoms with van der Waals surface area (Å²) < 4.78 is 21.8. The molecule has 0 spiro atoms. The second-order valence-electron chi connectivity index (χ2n) is 6.45. The minimum absolute atomic E-state index is 0.0560. The highest BCUT2D eigenvalue weighted by molar-refractivity contribution is 5.95. The van der Waals surface area contributed by atoms with Crippen molar-refractivity contribution in [3.8, 4) is 17.2 Å². The Labute approximate surface area is 174 Å². The fraction of sp³-hybridized carbons (Fsp3) is 0.273. The Hall–Kier alpha value is -3.68. The van der Waals surface area contributed by atoms with Gasteiger partial charge in [0.1, 0.15) is 19.0 Å². The normalized spacial score (nSPS) is 15.7. The Morgan fingerprint density at radius 2 is 1.77 bits per heavy atom. The molecule has 0 saturated heterocycles. The number of carbonyl (C=O) groups excluding carboxylic acids is 2. The summed E-state index contributed by atoms with van der Waals surface area (Å²) in [7, 11) is 3.02. The van der Waals surface area contributed by atoms with Crippen LogP contribution >= 0.6 is 0 Å². The van der Waals surface area contributed by atoms with Gasteiger partial charge in [0.2, 0.25) is 0 Å². The number of nitrogens with one attached hydrogen (secondary N) is 2. The van der Waals surface area contributed by atoms with Gasteiger partial charge in [0, 0.05) is 11.3 Å². The average molecular weight is 412 g/mol. The minimum atomic E-state index is -0.758. The van der Waals surface area contributed by atoms with E-state index in [1.54, 1.807) is 25.1 Å². The summed E-state index contributed by atoms with van der Waals surface area (Å²) in [4.78, 5) is 25.0. The summed E-state index contributed by atoms with van der Waals surface area (Å²) in [6.07, 6.45) is 0. The summed E-state index contributed by atoms with van der Waals surface area (Å²) >= 11 is 0.